The maximum Gasteiger partial charge on any atom is 0.101 e. The largest absolute Gasteiger partial charge is 0.381 e. The monoisotopic (exact) mass is 294 g/mol. The molecule has 0 bridgehead atoms. The Hall–Kier alpha value is -1.05. The molecular weight excluding hydrogens is 280 g/mol. The highest BCUT2D eigenvalue weighted by molar-refractivity contribution is 9.10. The molecule has 0 radical (unpaired) electrons. The Morgan fingerprint density at radius 3 is 2.82 bits per heavy atom. The van der Waals surface area contributed by atoms with Gasteiger partial charge >= 0.3 is 0 Å². The Balaban J connectivity index is 2.08. The molecule has 17 heavy (non-hydrogen) atoms. The molecule has 0 saturated heterocycles. The predicted molar refractivity (Wildman–Crippen MR) is 70.9 cm³/mol. The summed E-state index contributed by atoms with van der Waals surface area (Å²) in [7, 11) is 1.76. The van der Waals surface area contributed by atoms with Gasteiger partial charge in [0.05, 0.1) is 16.9 Å². The van der Waals surface area contributed by atoms with Crippen molar-refractivity contribution in [1.29, 1.82) is 5.26 Å². The van der Waals surface area contributed by atoms with E-state index in [1.165, 1.54) is 6.42 Å². The van der Waals surface area contributed by atoms with Crippen LogP contribution in [-0.4, -0.2) is 19.3 Å². The van der Waals surface area contributed by atoms with Crippen molar-refractivity contribution in [3.8, 4) is 6.07 Å². The highest BCUT2D eigenvalue weighted by Crippen LogP contribution is 2.35. The summed E-state index contributed by atoms with van der Waals surface area (Å²) in [6, 6.07) is 7.81. The van der Waals surface area contributed by atoms with Crippen molar-refractivity contribution in [2.75, 3.05) is 19.0 Å². The van der Waals surface area contributed by atoms with Gasteiger partial charge in [-0.2, -0.15) is 5.26 Å². The molecule has 4 heteroatoms. The van der Waals surface area contributed by atoms with Crippen molar-refractivity contribution in [3.05, 3.63) is 28.2 Å². The van der Waals surface area contributed by atoms with Crippen LogP contribution in [0.15, 0.2) is 22.7 Å². The molecule has 1 saturated carbocycles. The smallest absolute Gasteiger partial charge is 0.101 e. The van der Waals surface area contributed by atoms with Crippen molar-refractivity contribution >= 4 is 21.6 Å². The zero-order valence-electron chi connectivity index (χ0n) is 9.79. The molecule has 3 nitrogen and oxygen atoms in total. The fraction of sp³-hybridized carbons (Fsp3) is 0.462. The van der Waals surface area contributed by atoms with Gasteiger partial charge in [-0.05, 0) is 37.5 Å². The molecule has 2 rings (SSSR count). The molecule has 1 aromatic carbocycles. The lowest BCUT2D eigenvalue weighted by molar-refractivity contribution is -0.0601. The van der Waals surface area contributed by atoms with Gasteiger partial charge in [0.25, 0.3) is 0 Å². The Kier molecular flexibility index (Phi) is 3.70. The third-order valence-electron chi connectivity index (χ3n) is 3.40. The first-order valence-electron chi connectivity index (χ1n) is 5.68. The standard InChI is InChI=1S/C13H15BrN2O/c1-17-13(5-2-6-13)9-16-12-7-11(14)4-3-10(12)8-15/h3-4,7,16H,2,5-6,9H2,1H3. The second-order valence-corrected chi connectivity index (χ2v) is 5.31. The van der Waals surface area contributed by atoms with E-state index in [0.717, 1.165) is 29.5 Å². The number of nitrogens with one attached hydrogen (secondary N) is 1. The zero-order valence-corrected chi connectivity index (χ0v) is 11.4. The number of nitrogens with zero attached hydrogens (tertiary/aromatic N) is 1. The molecule has 0 aliphatic heterocycles. The highest BCUT2D eigenvalue weighted by Gasteiger charge is 2.36. The van der Waals surface area contributed by atoms with Crippen molar-refractivity contribution in [2.45, 2.75) is 24.9 Å². The molecule has 0 aromatic heterocycles. The molecule has 1 fully saturated rings. The van der Waals surface area contributed by atoms with E-state index in [0.29, 0.717) is 5.56 Å². The highest BCUT2D eigenvalue weighted by atomic mass is 79.9. The van der Waals surface area contributed by atoms with Crippen LogP contribution in [-0.2, 0) is 4.74 Å². The summed E-state index contributed by atoms with van der Waals surface area (Å²) in [5.74, 6) is 0. The van der Waals surface area contributed by atoms with Crippen molar-refractivity contribution in [3.63, 3.8) is 0 Å². The summed E-state index contributed by atoms with van der Waals surface area (Å²) >= 11 is 3.41. The van der Waals surface area contributed by atoms with Gasteiger partial charge < -0.3 is 10.1 Å². The molecule has 90 valence electrons. The molecule has 1 aliphatic rings. The summed E-state index contributed by atoms with van der Waals surface area (Å²) < 4.78 is 6.51. The third-order valence-corrected chi connectivity index (χ3v) is 3.89. The van der Waals surface area contributed by atoms with Gasteiger partial charge in [0.15, 0.2) is 0 Å². The minimum Gasteiger partial charge on any atom is -0.381 e. The fourth-order valence-corrected chi connectivity index (χ4v) is 2.40. The lowest BCUT2D eigenvalue weighted by Gasteiger charge is -2.40. The second kappa shape index (κ2) is 5.07. The first-order valence-corrected chi connectivity index (χ1v) is 6.47. The van der Waals surface area contributed by atoms with Crippen LogP contribution in [0.1, 0.15) is 24.8 Å². The Morgan fingerprint density at radius 1 is 1.53 bits per heavy atom. The molecular formula is C13H15BrN2O. The van der Waals surface area contributed by atoms with Crippen LogP contribution in [0.2, 0.25) is 0 Å². The lowest BCUT2D eigenvalue weighted by Crippen LogP contribution is -2.45. The minimum atomic E-state index is -0.0327. The number of benzene rings is 1. The number of methoxy groups -OCH3 is 1. The van der Waals surface area contributed by atoms with Crippen molar-refractivity contribution in [1.82, 2.24) is 0 Å². The Morgan fingerprint density at radius 2 is 2.29 bits per heavy atom. The third kappa shape index (κ3) is 2.62. The van der Waals surface area contributed by atoms with Crippen LogP contribution in [0.3, 0.4) is 0 Å². The van der Waals surface area contributed by atoms with Crippen molar-refractivity contribution in [2.24, 2.45) is 0 Å². The molecule has 0 amide bonds. The van der Waals surface area contributed by atoms with E-state index in [1.807, 2.05) is 18.2 Å². The van der Waals surface area contributed by atoms with E-state index in [-0.39, 0.29) is 5.60 Å². The average molecular weight is 295 g/mol. The van der Waals surface area contributed by atoms with Gasteiger partial charge in [0.1, 0.15) is 6.07 Å². The number of halogens is 1. The number of hydrogen-bond acceptors (Lipinski definition) is 3. The lowest BCUT2D eigenvalue weighted by atomic mass is 9.80. The summed E-state index contributed by atoms with van der Waals surface area (Å²) in [5.41, 5.74) is 1.50. The summed E-state index contributed by atoms with van der Waals surface area (Å²) in [5, 5.41) is 12.4. The molecule has 0 unspecified atom stereocenters. The van der Waals surface area contributed by atoms with Gasteiger partial charge in [0.2, 0.25) is 0 Å². The van der Waals surface area contributed by atoms with Crippen LogP contribution in [0.5, 0.6) is 0 Å². The molecule has 0 heterocycles. The van der Waals surface area contributed by atoms with Gasteiger partial charge in [0, 0.05) is 18.1 Å². The van der Waals surface area contributed by atoms with Crippen LogP contribution < -0.4 is 5.32 Å². The average Bonchev–Trinajstić information content (AvgIpc) is 2.28. The summed E-state index contributed by atoms with van der Waals surface area (Å²) in [4.78, 5) is 0. The SMILES string of the molecule is COC1(CNc2cc(Br)ccc2C#N)CCC1. The second-order valence-electron chi connectivity index (χ2n) is 4.40. The quantitative estimate of drug-likeness (QED) is 0.927. The first kappa shape index (κ1) is 12.4. The topological polar surface area (TPSA) is 45.0 Å². The number of ether oxygens (including phenoxy) is 1. The fourth-order valence-electron chi connectivity index (χ4n) is 2.04. The van der Waals surface area contributed by atoms with Crippen molar-refractivity contribution < 1.29 is 4.74 Å². The normalized spacial score (nSPS) is 17.0. The van der Waals surface area contributed by atoms with E-state index >= 15 is 0 Å². The van der Waals surface area contributed by atoms with Gasteiger partial charge in [-0.15, -0.1) is 0 Å². The molecule has 1 aliphatic carbocycles. The van der Waals surface area contributed by atoms with E-state index in [9.17, 15) is 0 Å². The predicted octanol–water partition coefficient (Wildman–Crippen LogP) is 3.30. The summed E-state index contributed by atoms with van der Waals surface area (Å²) in [6.07, 6.45) is 3.40. The molecule has 0 spiro atoms. The van der Waals surface area contributed by atoms with E-state index in [4.69, 9.17) is 10.00 Å². The summed E-state index contributed by atoms with van der Waals surface area (Å²) in [6.45, 7) is 0.759. The molecule has 1 N–H and O–H groups in total. The minimum absolute atomic E-state index is 0.0327. The van der Waals surface area contributed by atoms with E-state index < -0.39 is 0 Å². The van der Waals surface area contributed by atoms with Crippen LogP contribution in [0.25, 0.3) is 0 Å². The Bertz CT molecular complexity index is 444. The van der Waals surface area contributed by atoms with Gasteiger partial charge in [-0.1, -0.05) is 15.9 Å². The van der Waals surface area contributed by atoms with Gasteiger partial charge in [-0.3, -0.25) is 0 Å². The van der Waals surface area contributed by atoms with Gasteiger partial charge in [-0.25, -0.2) is 0 Å². The molecule has 0 atom stereocenters. The van der Waals surface area contributed by atoms with Crippen LogP contribution >= 0.6 is 15.9 Å². The number of hydrogen-bond donors (Lipinski definition) is 1. The number of anilines is 1. The first-order chi connectivity index (χ1) is 8.19. The van der Waals surface area contributed by atoms with Crippen LogP contribution in [0.4, 0.5) is 5.69 Å². The molecule has 1 aromatic rings. The van der Waals surface area contributed by atoms with E-state index in [2.05, 4.69) is 27.3 Å². The van der Waals surface area contributed by atoms with Crippen LogP contribution in [0, 0.1) is 11.3 Å². The number of nitriles is 1. The maximum absolute atomic E-state index is 9.03. The Labute approximate surface area is 110 Å². The van der Waals surface area contributed by atoms with E-state index in [1.54, 1.807) is 7.11 Å². The zero-order chi connectivity index (χ0) is 12.3. The maximum atomic E-state index is 9.03. The number of rotatable bonds is 4.